The zero-order valence-corrected chi connectivity index (χ0v) is 12.7. The number of rotatable bonds is 2. The van der Waals surface area contributed by atoms with Crippen LogP contribution < -0.4 is 5.32 Å². The Morgan fingerprint density at radius 3 is 2.85 bits per heavy atom. The van der Waals surface area contributed by atoms with E-state index in [0.29, 0.717) is 0 Å². The molecule has 2 atom stereocenters. The van der Waals surface area contributed by atoms with Crippen LogP contribution in [0.15, 0.2) is 0 Å². The number of carbonyl (C=O) groups excluding carboxylic acids is 1. The summed E-state index contributed by atoms with van der Waals surface area (Å²) in [4.78, 5) is 14.3. The van der Waals surface area contributed by atoms with E-state index in [0.717, 1.165) is 32.5 Å². The van der Waals surface area contributed by atoms with Gasteiger partial charge in [-0.05, 0) is 45.6 Å². The highest BCUT2D eigenvalue weighted by Gasteiger charge is 2.41. The molecule has 20 heavy (non-hydrogen) atoms. The molecular weight excluding hydrogens is 252 g/mol. The van der Waals surface area contributed by atoms with Crippen molar-refractivity contribution >= 4 is 5.91 Å². The predicted molar refractivity (Wildman–Crippen MR) is 78.6 cm³/mol. The van der Waals surface area contributed by atoms with Gasteiger partial charge in [-0.25, -0.2) is 0 Å². The fraction of sp³-hybridized carbons (Fsp3) is 0.938. The summed E-state index contributed by atoms with van der Waals surface area (Å²) >= 11 is 0. The third kappa shape index (κ3) is 3.01. The molecule has 0 radical (unpaired) electrons. The van der Waals surface area contributed by atoms with E-state index in [4.69, 9.17) is 4.74 Å². The van der Waals surface area contributed by atoms with Crippen molar-refractivity contribution in [1.29, 1.82) is 0 Å². The van der Waals surface area contributed by atoms with Crippen LogP contribution in [0.25, 0.3) is 0 Å². The second-order valence-corrected chi connectivity index (χ2v) is 6.84. The lowest BCUT2D eigenvalue weighted by Gasteiger charge is -2.34. The van der Waals surface area contributed by atoms with Crippen LogP contribution in [-0.2, 0) is 9.53 Å². The van der Waals surface area contributed by atoms with Crippen molar-refractivity contribution in [3.05, 3.63) is 0 Å². The minimum Gasteiger partial charge on any atom is -0.370 e. The Labute approximate surface area is 122 Å². The van der Waals surface area contributed by atoms with E-state index in [1.54, 1.807) is 0 Å². The molecule has 3 rings (SSSR count). The summed E-state index contributed by atoms with van der Waals surface area (Å²) in [5.74, 6) is 0.246. The maximum atomic E-state index is 12.3. The molecule has 4 heteroatoms. The molecule has 1 spiro atoms. The molecular formula is C16H28N2O2. The summed E-state index contributed by atoms with van der Waals surface area (Å²) in [6.07, 6.45) is 10.1. The van der Waals surface area contributed by atoms with Gasteiger partial charge in [0.15, 0.2) is 0 Å². The van der Waals surface area contributed by atoms with E-state index < -0.39 is 0 Å². The lowest BCUT2D eigenvalue weighted by atomic mass is 9.83. The molecule has 4 nitrogen and oxygen atoms in total. The predicted octanol–water partition coefficient (Wildman–Crippen LogP) is 2.08. The molecule has 0 aromatic carbocycles. The van der Waals surface area contributed by atoms with Crippen LogP contribution in [0.4, 0.5) is 0 Å². The molecule has 1 saturated carbocycles. The molecule has 1 amide bonds. The molecule has 114 valence electrons. The van der Waals surface area contributed by atoms with Gasteiger partial charge >= 0.3 is 0 Å². The normalized spacial score (nSPS) is 34.5. The lowest BCUT2D eigenvalue weighted by molar-refractivity contribution is -0.135. The minimum atomic E-state index is -0.0393. The average molecular weight is 280 g/mol. The quantitative estimate of drug-likeness (QED) is 0.842. The Morgan fingerprint density at radius 2 is 2.05 bits per heavy atom. The Bertz CT molecular complexity index is 352. The molecule has 3 fully saturated rings. The van der Waals surface area contributed by atoms with Gasteiger partial charge in [-0.2, -0.15) is 0 Å². The molecule has 1 N–H and O–H groups in total. The number of hydrogen-bond acceptors (Lipinski definition) is 3. The van der Waals surface area contributed by atoms with Gasteiger partial charge in [0.25, 0.3) is 0 Å². The second-order valence-electron chi connectivity index (χ2n) is 6.84. The summed E-state index contributed by atoms with van der Waals surface area (Å²) in [5.41, 5.74) is 0.168. The molecule has 2 heterocycles. The number of nitrogens with zero attached hydrogens (tertiary/aromatic N) is 1. The minimum absolute atomic E-state index is 0.0393. The Morgan fingerprint density at radius 1 is 1.25 bits per heavy atom. The lowest BCUT2D eigenvalue weighted by Crippen LogP contribution is -2.45. The first-order valence-corrected chi connectivity index (χ1v) is 8.39. The molecule has 3 aliphatic rings. The molecule has 2 aliphatic heterocycles. The third-order valence-electron chi connectivity index (χ3n) is 5.26. The van der Waals surface area contributed by atoms with Gasteiger partial charge in [0.2, 0.25) is 5.91 Å². The Balaban J connectivity index is 1.56. The molecule has 0 aromatic rings. The molecule has 2 unspecified atom stereocenters. The van der Waals surface area contributed by atoms with Crippen LogP contribution in [0.5, 0.6) is 0 Å². The van der Waals surface area contributed by atoms with Gasteiger partial charge < -0.3 is 15.0 Å². The fourth-order valence-corrected chi connectivity index (χ4v) is 4.07. The zero-order chi connectivity index (χ0) is 14.0. The van der Waals surface area contributed by atoms with E-state index in [9.17, 15) is 4.79 Å². The molecule has 1 aliphatic carbocycles. The maximum Gasteiger partial charge on any atom is 0.239 e. The number of nitrogens with one attached hydrogen (secondary N) is 1. The molecule has 2 saturated heterocycles. The van der Waals surface area contributed by atoms with Gasteiger partial charge in [0.05, 0.1) is 17.7 Å². The van der Waals surface area contributed by atoms with E-state index in [1.807, 2.05) is 11.8 Å². The van der Waals surface area contributed by atoms with Gasteiger partial charge in [-0.1, -0.05) is 19.3 Å². The van der Waals surface area contributed by atoms with Crippen LogP contribution in [-0.4, -0.2) is 48.2 Å². The number of carbonyl (C=O) groups is 1. The van der Waals surface area contributed by atoms with Crippen molar-refractivity contribution in [2.75, 3.05) is 19.6 Å². The summed E-state index contributed by atoms with van der Waals surface area (Å²) < 4.78 is 6.40. The SMILES string of the molecule is CC1NCCCN(CC2CCC3(CCCCC3)O2)C1=O. The first-order chi connectivity index (χ1) is 9.69. The highest BCUT2D eigenvalue weighted by atomic mass is 16.5. The van der Waals surface area contributed by atoms with E-state index >= 15 is 0 Å². The van der Waals surface area contributed by atoms with E-state index in [-0.39, 0.29) is 23.7 Å². The van der Waals surface area contributed by atoms with Crippen LogP contribution >= 0.6 is 0 Å². The van der Waals surface area contributed by atoms with Crippen LogP contribution in [0, 0.1) is 0 Å². The number of ether oxygens (including phenoxy) is 1. The van der Waals surface area contributed by atoms with Gasteiger partial charge in [-0.15, -0.1) is 0 Å². The van der Waals surface area contributed by atoms with Gasteiger partial charge in [0, 0.05) is 13.1 Å². The van der Waals surface area contributed by atoms with Crippen molar-refractivity contribution < 1.29 is 9.53 Å². The largest absolute Gasteiger partial charge is 0.370 e. The molecule has 0 aromatic heterocycles. The topological polar surface area (TPSA) is 41.6 Å². The molecule has 0 bridgehead atoms. The van der Waals surface area contributed by atoms with Crippen LogP contribution in [0.2, 0.25) is 0 Å². The summed E-state index contributed by atoms with van der Waals surface area (Å²) in [6.45, 7) is 4.59. The average Bonchev–Trinajstić information content (AvgIpc) is 2.76. The van der Waals surface area contributed by atoms with Crippen molar-refractivity contribution in [2.24, 2.45) is 0 Å². The fourth-order valence-electron chi connectivity index (χ4n) is 4.07. The van der Waals surface area contributed by atoms with E-state index in [2.05, 4.69) is 5.32 Å². The van der Waals surface area contributed by atoms with Gasteiger partial charge in [0.1, 0.15) is 0 Å². The van der Waals surface area contributed by atoms with Crippen molar-refractivity contribution in [2.45, 2.75) is 76.0 Å². The number of hydrogen-bond donors (Lipinski definition) is 1. The summed E-state index contributed by atoms with van der Waals surface area (Å²) in [5, 5.41) is 3.27. The highest BCUT2D eigenvalue weighted by molar-refractivity contribution is 5.81. The number of amides is 1. The van der Waals surface area contributed by atoms with Crippen LogP contribution in [0.3, 0.4) is 0 Å². The van der Waals surface area contributed by atoms with Gasteiger partial charge in [-0.3, -0.25) is 4.79 Å². The monoisotopic (exact) mass is 280 g/mol. The van der Waals surface area contributed by atoms with Crippen molar-refractivity contribution in [1.82, 2.24) is 10.2 Å². The first kappa shape index (κ1) is 14.3. The maximum absolute atomic E-state index is 12.3. The third-order valence-corrected chi connectivity index (χ3v) is 5.26. The first-order valence-electron chi connectivity index (χ1n) is 8.39. The standard InChI is InChI=1S/C16H28N2O2/c1-13-15(19)18(11-5-10-17-13)12-14-6-9-16(20-14)7-3-2-4-8-16/h13-14,17H,2-12H2,1H3. The summed E-state index contributed by atoms with van der Waals surface area (Å²) in [7, 11) is 0. The highest BCUT2D eigenvalue weighted by Crippen LogP contribution is 2.42. The zero-order valence-electron chi connectivity index (χ0n) is 12.7. The van der Waals surface area contributed by atoms with E-state index in [1.165, 1.54) is 38.5 Å². The summed E-state index contributed by atoms with van der Waals surface area (Å²) in [6, 6.07) is -0.0393. The van der Waals surface area contributed by atoms with Crippen molar-refractivity contribution in [3.63, 3.8) is 0 Å². The second kappa shape index (κ2) is 6.02. The van der Waals surface area contributed by atoms with Crippen molar-refractivity contribution in [3.8, 4) is 0 Å². The smallest absolute Gasteiger partial charge is 0.239 e. The van der Waals surface area contributed by atoms with Crippen LogP contribution in [0.1, 0.15) is 58.3 Å². The Kier molecular flexibility index (Phi) is 4.32. The Hall–Kier alpha value is -0.610.